The first-order valence-corrected chi connectivity index (χ1v) is 13.2. The van der Waals surface area contributed by atoms with Crippen molar-refractivity contribution in [2.75, 3.05) is 23.9 Å². The van der Waals surface area contributed by atoms with Gasteiger partial charge in [-0.25, -0.2) is 0 Å². The summed E-state index contributed by atoms with van der Waals surface area (Å²) in [4.78, 5) is 27.7. The quantitative estimate of drug-likeness (QED) is 0.121. The van der Waals surface area contributed by atoms with Crippen molar-refractivity contribution in [3.63, 3.8) is 0 Å². The maximum absolute atomic E-state index is 13.3. The Kier molecular flexibility index (Phi) is 9.75. The molecule has 0 aromatic heterocycles. The van der Waals surface area contributed by atoms with Crippen LogP contribution < -0.4 is 36.9 Å². The van der Waals surface area contributed by atoms with Gasteiger partial charge >= 0.3 is 0 Å². The summed E-state index contributed by atoms with van der Waals surface area (Å²) in [5, 5.41) is 10.6. The third-order valence-electron chi connectivity index (χ3n) is 6.61. The average Bonchev–Trinajstić information content (AvgIpc) is 3.01. The van der Waals surface area contributed by atoms with Crippen molar-refractivity contribution in [3.8, 4) is 11.5 Å². The lowest BCUT2D eigenvalue weighted by molar-refractivity contribution is -0.119. The second-order valence-corrected chi connectivity index (χ2v) is 9.50. The molecule has 4 aromatic carbocycles. The number of nitrogens with zero attached hydrogens (tertiary/aromatic N) is 1. The minimum Gasteiger partial charge on any atom is -0.493 e. The Hall–Kier alpha value is -5.35. The van der Waals surface area contributed by atoms with Crippen molar-refractivity contribution in [2.45, 2.75) is 19.2 Å². The number of carbonyl (C=O) groups excluding carboxylic acids is 2. The molecule has 0 bridgehead atoms. The predicted molar refractivity (Wildman–Crippen MR) is 163 cm³/mol. The van der Waals surface area contributed by atoms with Gasteiger partial charge in [-0.1, -0.05) is 60.7 Å². The molecule has 4 aromatic rings. The molecular weight excluding hydrogens is 532 g/mol. The Labute approximate surface area is 244 Å². The number of methoxy groups -OCH3 is 1. The fourth-order valence-electron chi connectivity index (χ4n) is 4.54. The zero-order valence-electron chi connectivity index (χ0n) is 23.2. The maximum atomic E-state index is 13.3. The number of ether oxygens (including phenoxy) is 2. The zero-order chi connectivity index (χ0) is 30.1. The Bertz CT molecular complexity index is 1530. The number of hydrogen-bond acceptors (Lipinski definition) is 7. The first-order valence-electron chi connectivity index (χ1n) is 13.2. The lowest BCUT2D eigenvalue weighted by Gasteiger charge is -2.34. The summed E-state index contributed by atoms with van der Waals surface area (Å²) in [5.41, 5.74) is 21.1. The third kappa shape index (κ3) is 7.23. The second kappa shape index (κ2) is 13.8. The van der Waals surface area contributed by atoms with E-state index in [0.717, 1.165) is 11.1 Å². The number of rotatable bonds is 13. The molecule has 0 heterocycles. The summed E-state index contributed by atoms with van der Waals surface area (Å²) < 4.78 is 11.7. The van der Waals surface area contributed by atoms with E-state index in [1.165, 1.54) is 7.11 Å². The first kappa shape index (κ1) is 29.6. The second-order valence-electron chi connectivity index (χ2n) is 9.50. The lowest BCUT2D eigenvalue weighted by Crippen LogP contribution is -2.38. The molecule has 0 fully saturated rings. The molecule has 42 heavy (non-hydrogen) atoms. The van der Waals surface area contributed by atoms with Crippen LogP contribution >= 0.6 is 0 Å². The minimum absolute atomic E-state index is 0.0785. The van der Waals surface area contributed by atoms with E-state index in [0.29, 0.717) is 40.5 Å². The van der Waals surface area contributed by atoms with Crippen LogP contribution in [0.25, 0.3) is 0 Å². The topological polar surface area (TPSA) is 170 Å². The summed E-state index contributed by atoms with van der Waals surface area (Å²) in [5.74, 6) is -0.486. The molecule has 1 unspecified atom stereocenters. The summed E-state index contributed by atoms with van der Waals surface area (Å²) in [6.07, 6.45) is 0. The summed E-state index contributed by atoms with van der Waals surface area (Å²) in [7, 11) is 1.49. The Morgan fingerprint density at radius 3 is 2.05 bits per heavy atom. The maximum Gasteiger partial charge on any atom is 0.244 e. The van der Waals surface area contributed by atoms with Crippen molar-refractivity contribution >= 4 is 29.0 Å². The van der Waals surface area contributed by atoms with Crippen LogP contribution in [0.4, 0.5) is 11.4 Å². The number of anilines is 2. The van der Waals surface area contributed by atoms with E-state index in [1.54, 1.807) is 36.4 Å². The van der Waals surface area contributed by atoms with Gasteiger partial charge in [0.25, 0.3) is 0 Å². The molecular formula is C32H34N6O4. The van der Waals surface area contributed by atoms with Gasteiger partial charge in [0.15, 0.2) is 11.5 Å². The largest absolute Gasteiger partial charge is 0.493 e. The van der Waals surface area contributed by atoms with Crippen LogP contribution in [0.3, 0.4) is 0 Å². The van der Waals surface area contributed by atoms with E-state index < -0.39 is 17.9 Å². The van der Waals surface area contributed by atoms with Gasteiger partial charge in [-0.2, -0.15) is 0 Å². The highest BCUT2D eigenvalue weighted by molar-refractivity contribution is 5.97. The van der Waals surface area contributed by atoms with E-state index in [-0.39, 0.29) is 19.0 Å². The van der Waals surface area contributed by atoms with Gasteiger partial charge in [0.1, 0.15) is 18.5 Å². The number of primary amides is 1. The van der Waals surface area contributed by atoms with Gasteiger partial charge in [-0.3, -0.25) is 15.0 Å². The monoisotopic (exact) mass is 566 g/mol. The predicted octanol–water partition coefficient (Wildman–Crippen LogP) is 3.69. The van der Waals surface area contributed by atoms with Gasteiger partial charge in [0, 0.05) is 29.4 Å². The first-order chi connectivity index (χ1) is 20.3. The summed E-state index contributed by atoms with van der Waals surface area (Å²) >= 11 is 0. The van der Waals surface area contributed by atoms with Crippen molar-refractivity contribution in [3.05, 3.63) is 119 Å². The molecule has 216 valence electrons. The molecule has 0 aliphatic rings. The van der Waals surface area contributed by atoms with Crippen molar-refractivity contribution in [1.82, 2.24) is 0 Å². The molecule has 0 radical (unpaired) electrons. The van der Waals surface area contributed by atoms with Crippen LogP contribution in [0, 0.1) is 5.41 Å². The van der Waals surface area contributed by atoms with Crippen LogP contribution in [-0.2, 0) is 22.7 Å². The number of nitrogens with two attached hydrogens (primary N) is 3. The molecule has 10 heteroatoms. The number of nitrogen functional groups attached to an aromatic ring is 1. The number of nitrogens with one attached hydrogen (secondary N) is 2. The molecule has 2 amide bonds. The molecule has 0 spiro atoms. The fraction of sp³-hybridized carbons (Fsp3) is 0.156. The van der Waals surface area contributed by atoms with Gasteiger partial charge in [0.05, 0.1) is 19.3 Å². The molecule has 0 aliphatic heterocycles. The van der Waals surface area contributed by atoms with Crippen molar-refractivity contribution in [2.24, 2.45) is 17.2 Å². The van der Waals surface area contributed by atoms with Crippen molar-refractivity contribution in [1.29, 1.82) is 5.41 Å². The van der Waals surface area contributed by atoms with Gasteiger partial charge < -0.3 is 36.9 Å². The van der Waals surface area contributed by atoms with Crippen LogP contribution in [-0.4, -0.2) is 31.3 Å². The highest BCUT2D eigenvalue weighted by Crippen LogP contribution is 2.40. The third-order valence-corrected chi connectivity index (χ3v) is 6.61. The SMILES string of the molecule is COc1cc(C(C(N)=O)N(Cc2ccccc2)c2ccc(C(=N)N)cc2)c(NC(=O)CN)cc1OCc1ccccc1. The van der Waals surface area contributed by atoms with Crippen LogP contribution in [0.2, 0.25) is 0 Å². The number of carbonyl (C=O) groups is 2. The lowest BCUT2D eigenvalue weighted by atomic mass is 9.99. The number of hydrogen-bond donors (Lipinski definition) is 5. The smallest absolute Gasteiger partial charge is 0.244 e. The van der Waals surface area contributed by atoms with E-state index in [1.807, 2.05) is 65.6 Å². The highest BCUT2D eigenvalue weighted by Gasteiger charge is 2.31. The van der Waals surface area contributed by atoms with Crippen LogP contribution in [0.5, 0.6) is 11.5 Å². The van der Waals surface area contributed by atoms with E-state index in [4.69, 9.17) is 32.1 Å². The molecule has 8 N–H and O–H groups in total. The summed E-state index contributed by atoms with van der Waals surface area (Å²) in [6, 6.07) is 28.3. The van der Waals surface area contributed by atoms with E-state index >= 15 is 0 Å². The Morgan fingerprint density at radius 1 is 0.881 bits per heavy atom. The highest BCUT2D eigenvalue weighted by atomic mass is 16.5. The van der Waals surface area contributed by atoms with Crippen LogP contribution in [0.1, 0.15) is 28.3 Å². The zero-order valence-corrected chi connectivity index (χ0v) is 23.2. The molecule has 0 aliphatic carbocycles. The van der Waals surface area contributed by atoms with E-state index in [9.17, 15) is 9.59 Å². The minimum atomic E-state index is -1.06. The number of amides is 2. The number of amidine groups is 1. The molecule has 0 saturated heterocycles. The fourth-order valence-corrected chi connectivity index (χ4v) is 4.54. The summed E-state index contributed by atoms with van der Waals surface area (Å²) in [6.45, 7) is 0.280. The van der Waals surface area contributed by atoms with Crippen LogP contribution in [0.15, 0.2) is 97.1 Å². The molecule has 1 atom stereocenters. The van der Waals surface area contributed by atoms with Gasteiger partial charge in [0.2, 0.25) is 11.8 Å². The standard InChI is InChI=1S/C32H34N6O4/c1-41-27-16-25(26(37-29(39)18-33)17-28(27)42-20-22-10-6-3-7-11-22)30(32(36)40)38(19-21-8-4-2-5-9-21)24-14-12-23(13-15-24)31(34)35/h2-17,30H,18-20,33H2,1H3,(H3,34,35)(H2,36,40)(H,37,39). The number of benzene rings is 4. The normalized spacial score (nSPS) is 11.3. The Balaban J connectivity index is 1.84. The van der Waals surface area contributed by atoms with Gasteiger partial charge in [-0.05, 0) is 41.5 Å². The Morgan fingerprint density at radius 2 is 1.50 bits per heavy atom. The molecule has 10 nitrogen and oxygen atoms in total. The molecule has 0 saturated carbocycles. The van der Waals surface area contributed by atoms with E-state index in [2.05, 4.69) is 5.32 Å². The molecule has 4 rings (SSSR count). The van der Waals surface area contributed by atoms with Crippen molar-refractivity contribution < 1.29 is 19.1 Å². The average molecular weight is 567 g/mol. The van der Waals surface area contributed by atoms with Gasteiger partial charge in [-0.15, -0.1) is 0 Å².